The third kappa shape index (κ3) is 1.90. The van der Waals surface area contributed by atoms with Gasteiger partial charge >= 0.3 is 0 Å². The smallest absolute Gasteiger partial charge is 0.155 e. The Morgan fingerprint density at radius 2 is 2.31 bits per heavy atom. The molecule has 0 unspecified atom stereocenters. The molecule has 0 saturated carbocycles. The number of carbonyl (C=O) groups is 1. The van der Waals surface area contributed by atoms with E-state index in [-0.39, 0.29) is 11.2 Å². The van der Waals surface area contributed by atoms with E-state index in [0.29, 0.717) is 12.3 Å². The van der Waals surface area contributed by atoms with Gasteiger partial charge in [-0.15, -0.1) is 6.58 Å². The van der Waals surface area contributed by atoms with Crippen molar-refractivity contribution >= 4 is 5.78 Å². The fourth-order valence-electron chi connectivity index (χ4n) is 1.89. The minimum absolute atomic E-state index is 0.155. The van der Waals surface area contributed by atoms with Gasteiger partial charge in [-0.3, -0.25) is 4.79 Å². The van der Waals surface area contributed by atoms with Crippen molar-refractivity contribution in [2.24, 2.45) is 11.3 Å². The number of rotatable bonds is 2. The average Bonchev–Trinajstić information content (AvgIpc) is 2.01. The molecule has 1 heteroatoms. The van der Waals surface area contributed by atoms with E-state index in [4.69, 9.17) is 0 Å². The highest BCUT2D eigenvalue weighted by atomic mass is 16.1. The molecule has 0 spiro atoms. The van der Waals surface area contributed by atoms with Crippen LogP contribution in [0.25, 0.3) is 0 Å². The van der Waals surface area contributed by atoms with E-state index >= 15 is 0 Å². The Morgan fingerprint density at radius 3 is 2.85 bits per heavy atom. The average molecular weight is 178 g/mol. The third-order valence-electron chi connectivity index (χ3n) is 3.31. The summed E-state index contributed by atoms with van der Waals surface area (Å²) < 4.78 is 0. The zero-order chi connectivity index (χ0) is 10.1. The van der Waals surface area contributed by atoms with E-state index in [1.165, 1.54) is 5.57 Å². The lowest BCUT2D eigenvalue weighted by Crippen LogP contribution is -2.31. The number of allylic oxidation sites excluding steroid dienone is 3. The lowest BCUT2D eigenvalue weighted by Gasteiger charge is -2.37. The maximum Gasteiger partial charge on any atom is 0.155 e. The molecule has 1 rings (SSSR count). The van der Waals surface area contributed by atoms with Gasteiger partial charge in [0.15, 0.2) is 5.78 Å². The SMILES string of the molecule is C=CC[C@H]1CC(=O)C=C(C)C1(C)C. The first kappa shape index (κ1) is 10.2. The van der Waals surface area contributed by atoms with Crippen LogP contribution in [-0.2, 0) is 4.79 Å². The van der Waals surface area contributed by atoms with Gasteiger partial charge in [-0.25, -0.2) is 0 Å². The van der Waals surface area contributed by atoms with Crippen molar-refractivity contribution in [2.75, 3.05) is 0 Å². The van der Waals surface area contributed by atoms with E-state index in [9.17, 15) is 4.79 Å². The molecule has 1 nitrogen and oxygen atoms in total. The quantitative estimate of drug-likeness (QED) is 0.594. The minimum Gasteiger partial charge on any atom is -0.295 e. The minimum atomic E-state index is 0.155. The highest BCUT2D eigenvalue weighted by Gasteiger charge is 2.34. The number of hydrogen-bond acceptors (Lipinski definition) is 1. The number of hydrogen-bond donors (Lipinski definition) is 0. The standard InChI is InChI=1S/C12H18O/c1-5-6-10-8-11(13)7-9(2)12(10,3)4/h5,7,10H,1,6,8H2,2-4H3/t10-/m0/s1. The molecule has 0 aromatic heterocycles. The molecule has 72 valence electrons. The van der Waals surface area contributed by atoms with Crippen LogP contribution < -0.4 is 0 Å². The highest BCUT2D eigenvalue weighted by Crippen LogP contribution is 2.42. The molecular weight excluding hydrogens is 160 g/mol. The van der Waals surface area contributed by atoms with Crippen LogP contribution in [-0.4, -0.2) is 5.78 Å². The van der Waals surface area contributed by atoms with Crippen molar-refractivity contribution in [1.82, 2.24) is 0 Å². The van der Waals surface area contributed by atoms with Crippen LogP contribution in [0.2, 0.25) is 0 Å². The molecule has 0 aromatic rings. The van der Waals surface area contributed by atoms with E-state index in [2.05, 4.69) is 20.4 Å². The molecule has 0 N–H and O–H groups in total. The Balaban J connectivity index is 2.93. The predicted octanol–water partition coefficient (Wildman–Crippen LogP) is 3.12. The van der Waals surface area contributed by atoms with Crippen LogP contribution in [0.1, 0.15) is 33.6 Å². The molecule has 0 amide bonds. The molecule has 13 heavy (non-hydrogen) atoms. The van der Waals surface area contributed by atoms with Gasteiger partial charge < -0.3 is 0 Å². The zero-order valence-electron chi connectivity index (χ0n) is 8.76. The van der Waals surface area contributed by atoms with Crippen molar-refractivity contribution < 1.29 is 4.79 Å². The van der Waals surface area contributed by atoms with Crippen molar-refractivity contribution in [1.29, 1.82) is 0 Å². The molecule has 0 fully saturated rings. The van der Waals surface area contributed by atoms with Crippen molar-refractivity contribution in [3.05, 3.63) is 24.3 Å². The van der Waals surface area contributed by atoms with Crippen LogP contribution in [0.5, 0.6) is 0 Å². The maximum absolute atomic E-state index is 11.3. The molecule has 0 aromatic carbocycles. The van der Waals surface area contributed by atoms with Gasteiger partial charge in [-0.1, -0.05) is 25.5 Å². The Morgan fingerprint density at radius 1 is 1.69 bits per heavy atom. The summed E-state index contributed by atoms with van der Waals surface area (Å²) in [5, 5.41) is 0. The Bertz CT molecular complexity index is 258. The van der Waals surface area contributed by atoms with E-state index in [1.807, 2.05) is 13.0 Å². The van der Waals surface area contributed by atoms with Gasteiger partial charge in [0.1, 0.15) is 0 Å². The van der Waals surface area contributed by atoms with Crippen molar-refractivity contribution in [3.63, 3.8) is 0 Å². The highest BCUT2D eigenvalue weighted by molar-refractivity contribution is 5.91. The normalized spacial score (nSPS) is 26.8. The molecule has 0 saturated heterocycles. The van der Waals surface area contributed by atoms with Crippen molar-refractivity contribution in [3.8, 4) is 0 Å². The monoisotopic (exact) mass is 178 g/mol. The summed E-state index contributed by atoms with van der Waals surface area (Å²) >= 11 is 0. The second kappa shape index (κ2) is 3.49. The van der Waals surface area contributed by atoms with Gasteiger partial charge in [0.2, 0.25) is 0 Å². The van der Waals surface area contributed by atoms with Crippen molar-refractivity contribution in [2.45, 2.75) is 33.6 Å². The molecule has 0 radical (unpaired) electrons. The van der Waals surface area contributed by atoms with E-state index in [1.54, 1.807) is 6.08 Å². The lowest BCUT2D eigenvalue weighted by atomic mass is 9.67. The summed E-state index contributed by atoms with van der Waals surface area (Å²) in [7, 11) is 0. The molecule has 0 aliphatic heterocycles. The summed E-state index contributed by atoms with van der Waals surface area (Å²) in [6.07, 6.45) is 5.32. The molecule has 0 heterocycles. The maximum atomic E-state index is 11.3. The largest absolute Gasteiger partial charge is 0.295 e. The first-order valence-corrected chi connectivity index (χ1v) is 4.81. The van der Waals surface area contributed by atoms with E-state index in [0.717, 1.165) is 6.42 Å². The van der Waals surface area contributed by atoms with Gasteiger partial charge in [0.25, 0.3) is 0 Å². The lowest BCUT2D eigenvalue weighted by molar-refractivity contribution is -0.117. The second-order valence-corrected chi connectivity index (χ2v) is 4.44. The van der Waals surface area contributed by atoms with Crippen LogP contribution in [0, 0.1) is 11.3 Å². The molecule has 1 aliphatic rings. The predicted molar refractivity (Wildman–Crippen MR) is 55.5 cm³/mol. The fraction of sp³-hybridized carbons (Fsp3) is 0.583. The second-order valence-electron chi connectivity index (χ2n) is 4.44. The van der Waals surface area contributed by atoms with Crippen LogP contribution >= 0.6 is 0 Å². The molecule has 1 atom stereocenters. The fourth-order valence-corrected chi connectivity index (χ4v) is 1.89. The molecule has 0 bridgehead atoms. The summed E-state index contributed by atoms with van der Waals surface area (Å²) in [6, 6.07) is 0. The Hall–Kier alpha value is -0.850. The van der Waals surface area contributed by atoms with Gasteiger partial charge in [0, 0.05) is 6.42 Å². The van der Waals surface area contributed by atoms with Gasteiger partial charge in [-0.2, -0.15) is 0 Å². The molecular formula is C12H18O. The van der Waals surface area contributed by atoms with Crippen LogP contribution in [0.15, 0.2) is 24.3 Å². The summed E-state index contributed by atoms with van der Waals surface area (Å²) in [5.74, 6) is 0.700. The van der Waals surface area contributed by atoms with Gasteiger partial charge in [0.05, 0.1) is 0 Å². The summed E-state index contributed by atoms with van der Waals surface area (Å²) in [4.78, 5) is 11.3. The number of carbonyl (C=O) groups excluding carboxylic acids is 1. The summed E-state index contributed by atoms with van der Waals surface area (Å²) in [5.41, 5.74) is 1.36. The van der Waals surface area contributed by atoms with Gasteiger partial charge in [-0.05, 0) is 30.8 Å². The Kier molecular flexibility index (Phi) is 2.74. The van der Waals surface area contributed by atoms with Crippen LogP contribution in [0.3, 0.4) is 0 Å². The third-order valence-corrected chi connectivity index (χ3v) is 3.31. The zero-order valence-corrected chi connectivity index (χ0v) is 8.76. The number of ketones is 1. The first-order chi connectivity index (χ1) is 5.98. The topological polar surface area (TPSA) is 17.1 Å². The van der Waals surface area contributed by atoms with Crippen LogP contribution in [0.4, 0.5) is 0 Å². The van der Waals surface area contributed by atoms with E-state index < -0.39 is 0 Å². The first-order valence-electron chi connectivity index (χ1n) is 4.81. The summed E-state index contributed by atoms with van der Waals surface area (Å²) in [6.45, 7) is 10.2. The Labute approximate surface area is 80.5 Å². The molecule has 1 aliphatic carbocycles.